The van der Waals surface area contributed by atoms with E-state index in [9.17, 15) is 0 Å². The third-order valence-electron chi connectivity index (χ3n) is 5.47. The van der Waals surface area contributed by atoms with Crippen molar-refractivity contribution in [2.24, 2.45) is 0 Å². The Morgan fingerprint density at radius 2 is 1.10 bits per heavy atom. The average Bonchev–Trinajstić information content (AvgIpc) is 3.26. The van der Waals surface area contributed by atoms with Gasteiger partial charge in [-0.05, 0) is 18.4 Å². The molecule has 3 heteroatoms. The number of nitrogens with zero attached hydrogens (tertiary/aromatic N) is 2. The molecule has 1 aromatic heterocycles. The second-order valence-electron chi connectivity index (χ2n) is 7.91. The number of rotatable bonds is 13. The Kier molecular flexibility index (Phi) is 9.38. The topological polar surface area (TPSA) is 25.8 Å². The van der Waals surface area contributed by atoms with E-state index in [4.69, 9.17) is 0 Å². The Labute approximate surface area is 180 Å². The zero-order valence-corrected chi connectivity index (χ0v) is 18.6. The van der Waals surface area contributed by atoms with Crippen molar-refractivity contribution < 1.29 is 0 Å². The lowest BCUT2D eigenvalue weighted by Gasteiger charge is -2.04. The maximum Gasteiger partial charge on any atom is 0.148 e. The summed E-state index contributed by atoms with van der Waals surface area (Å²) in [6.45, 7) is 2.28. The summed E-state index contributed by atoms with van der Waals surface area (Å²) in [6, 6.07) is 19.2. The third-order valence-corrected chi connectivity index (χ3v) is 6.49. The molecule has 0 radical (unpaired) electrons. The highest BCUT2D eigenvalue weighted by Gasteiger charge is 2.08. The van der Waals surface area contributed by atoms with E-state index in [0.717, 1.165) is 21.1 Å². The molecule has 0 saturated carbocycles. The maximum atomic E-state index is 4.39. The standard InChI is InChI=1S/C26H34N2S/c1-2-3-4-5-6-7-8-9-10-12-15-22-18-20-24(21-19-22)26-28-27-25(29-26)23-16-13-11-14-17-23/h11,13-14,16-21H,2-10,12,15H2,1H3. The van der Waals surface area contributed by atoms with Gasteiger partial charge < -0.3 is 0 Å². The van der Waals surface area contributed by atoms with Gasteiger partial charge >= 0.3 is 0 Å². The van der Waals surface area contributed by atoms with Gasteiger partial charge in [-0.2, -0.15) is 0 Å². The van der Waals surface area contributed by atoms with Crippen LogP contribution >= 0.6 is 11.3 Å². The summed E-state index contributed by atoms with van der Waals surface area (Å²) in [5.41, 5.74) is 3.73. The minimum absolute atomic E-state index is 0.982. The van der Waals surface area contributed by atoms with Crippen LogP contribution in [-0.2, 0) is 6.42 Å². The zero-order valence-electron chi connectivity index (χ0n) is 17.8. The van der Waals surface area contributed by atoms with Gasteiger partial charge in [0, 0.05) is 11.1 Å². The van der Waals surface area contributed by atoms with Crippen molar-refractivity contribution in [1.29, 1.82) is 0 Å². The van der Waals surface area contributed by atoms with E-state index in [1.807, 2.05) is 18.2 Å². The van der Waals surface area contributed by atoms with E-state index in [-0.39, 0.29) is 0 Å². The molecule has 154 valence electrons. The van der Waals surface area contributed by atoms with E-state index in [1.54, 1.807) is 11.3 Å². The molecule has 2 nitrogen and oxygen atoms in total. The van der Waals surface area contributed by atoms with Gasteiger partial charge in [0.15, 0.2) is 0 Å². The van der Waals surface area contributed by atoms with Gasteiger partial charge in [0.05, 0.1) is 0 Å². The predicted molar refractivity (Wildman–Crippen MR) is 126 cm³/mol. The Morgan fingerprint density at radius 1 is 0.586 bits per heavy atom. The van der Waals surface area contributed by atoms with E-state index in [2.05, 4.69) is 53.5 Å². The smallest absolute Gasteiger partial charge is 0.138 e. The maximum absolute atomic E-state index is 4.39. The summed E-state index contributed by atoms with van der Waals surface area (Å²) in [6.07, 6.45) is 15.1. The van der Waals surface area contributed by atoms with Crippen LogP contribution in [0.15, 0.2) is 54.6 Å². The van der Waals surface area contributed by atoms with Crippen molar-refractivity contribution in [2.75, 3.05) is 0 Å². The first-order valence-electron chi connectivity index (χ1n) is 11.3. The number of aryl methyl sites for hydroxylation is 1. The molecule has 0 bridgehead atoms. The fourth-order valence-corrected chi connectivity index (χ4v) is 4.52. The summed E-state index contributed by atoms with van der Waals surface area (Å²) in [4.78, 5) is 0. The van der Waals surface area contributed by atoms with Crippen molar-refractivity contribution >= 4 is 11.3 Å². The molecular formula is C26H34N2S. The SMILES string of the molecule is CCCCCCCCCCCCc1ccc(-c2nnc(-c3ccccc3)s2)cc1. The quantitative estimate of drug-likeness (QED) is 0.267. The third kappa shape index (κ3) is 7.40. The normalized spacial score (nSPS) is 11.1. The molecule has 0 aliphatic heterocycles. The molecule has 0 aliphatic rings. The number of hydrogen-bond acceptors (Lipinski definition) is 3. The average molecular weight is 407 g/mol. The van der Waals surface area contributed by atoms with Crippen LogP contribution in [0.5, 0.6) is 0 Å². The van der Waals surface area contributed by atoms with Crippen LogP contribution < -0.4 is 0 Å². The summed E-state index contributed by atoms with van der Waals surface area (Å²) in [5.74, 6) is 0. The Bertz CT molecular complexity index is 808. The van der Waals surface area contributed by atoms with Gasteiger partial charge in [0.2, 0.25) is 0 Å². The second-order valence-corrected chi connectivity index (χ2v) is 8.88. The molecule has 0 unspecified atom stereocenters. The van der Waals surface area contributed by atoms with Gasteiger partial charge in [-0.3, -0.25) is 0 Å². The van der Waals surface area contributed by atoms with Crippen LogP contribution in [-0.4, -0.2) is 10.2 Å². The lowest BCUT2D eigenvalue weighted by molar-refractivity contribution is 0.556. The number of unbranched alkanes of at least 4 members (excludes halogenated alkanes) is 9. The van der Waals surface area contributed by atoms with E-state index in [0.29, 0.717) is 0 Å². The first-order chi connectivity index (χ1) is 14.4. The fraction of sp³-hybridized carbons (Fsp3) is 0.462. The summed E-state index contributed by atoms with van der Waals surface area (Å²) >= 11 is 1.66. The number of benzene rings is 2. The molecule has 0 aliphatic carbocycles. The Hall–Kier alpha value is -2.00. The van der Waals surface area contributed by atoms with E-state index in [1.165, 1.54) is 76.2 Å². The van der Waals surface area contributed by atoms with Crippen molar-refractivity contribution in [2.45, 2.75) is 77.6 Å². The van der Waals surface area contributed by atoms with Gasteiger partial charge in [-0.25, -0.2) is 0 Å². The van der Waals surface area contributed by atoms with Crippen LogP contribution in [0.4, 0.5) is 0 Å². The molecule has 29 heavy (non-hydrogen) atoms. The molecular weight excluding hydrogens is 372 g/mol. The van der Waals surface area contributed by atoms with Crippen LogP contribution in [0.1, 0.15) is 76.7 Å². The largest absolute Gasteiger partial charge is 0.148 e. The fourth-order valence-electron chi connectivity index (χ4n) is 3.67. The van der Waals surface area contributed by atoms with Crippen molar-refractivity contribution in [1.82, 2.24) is 10.2 Å². The predicted octanol–water partition coefficient (Wildman–Crippen LogP) is 8.34. The monoisotopic (exact) mass is 406 g/mol. The highest BCUT2D eigenvalue weighted by atomic mass is 32.1. The highest BCUT2D eigenvalue weighted by molar-refractivity contribution is 7.17. The van der Waals surface area contributed by atoms with E-state index < -0.39 is 0 Å². The minimum atomic E-state index is 0.982. The first-order valence-corrected chi connectivity index (χ1v) is 12.2. The lowest BCUT2D eigenvalue weighted by atomic mass is 10.0. The molecule has 0 amide bonds. The van der Waals surface area contributed by atoms with Gasteiger partial charge in [-0.15, -0.1) is 10.2 Å². The molecule has 1 heterocycles. The van der Waals surface area contributed by atoms with Crippen LogP contribution in [0.25, 0.3) is 21.1 Å². The molecule has 3 aromatic rings. The summed E-state index contributed by atoms with van der Waals surface area (Å²) in [5, 5.41) is 10.7. The van der Waals surface area contributed by atoms with E-state index >= 15 is 0 Å². The van der Waals surface area contributed by atoms with Crippen LogP contribution in [0, 0.1) is 0 Å². The van der Waals surface area contributed by atoms with Crippen molar-refractivity contribution in [3.05, 3.63) is 60.2 Å². The molecule has 0 fully saturated rings. The first kappa shape index (κ1) is 21.7. The molecule has 0 spiro atoms. The highest BCUT2D eigenvalue weighted by Crippen LogP contribution is 2.30. The molecule has 0 atom stereocenters. The Morgan fingerprint density at radius 3 is 1.69 bits per heavy atom. The minimum Gasteiger partial charge on any atom is -0.138 e. The van der Waals surface area contributed by atoms with Gasteiger partial charge in [0.25, 0.3) is 0 Å². The molecule has 0 N–H and O–H groups in total. The summed E-state index contributed by atoms with van der Waals surface area (Å²) in [7, 11) is 0. The Balaban J connectivity index is 1.36. The van der Waals surface area contributed by atoms with Crippen molar-refractivity contribution in [3.8, 4) is 21.1 Å². The molecule has 0 saturated heterocycles. The number of aromatic nitrogens is 2. The van der Waals surface area contributed by atoms with Crippen LogP contribution in [0.2, 0.25) is 0 Å². The van der Waals surface area contributed by atoms with Gasteiger partial charge in [-0.1, -0.05) is 131 Å². The lowest BCUT2D eigenvalue weighted by Crippen LogP contribution is -1.87. The van der Waals surface area contributed by atoms with Gasteiger partial charge in [0.1, 0.15) is 10.0 Å². The van der Waals surface area contributed by atoms with Crippen LogP contribution in [0.3, 0.4) is 0 Å². The summed E-state index contributed by atoms with van der Waals surface area (Å²) < 4.78 is 0. The zero-order chi connectivity index (χ0) is 20.2. The number of hydrogen-bond donors (Lipinski definition) is 0. The molecule has 3 rings (SSSR count). The van der Waals surface area contributed by atoms with Crippen molar-refractivity contribution in [3.63, 3.8) is 0 Å². The second kappa shape index (κ2) is 12.5. The molecule has 2 aromatic carbocycles.